The Kier molecular flexibility index (Phi) is 6.20. The Hall–Kier alpha value is -2.20. The fourth-order valence-electron chi connectivity index (χ4n) is 3.40. The van der Waals surface area contributed by atoms with Crippen LogP contribution in [0.4, 0.5) is 0 Å². The second-order valence-electron chi connectivity index (χ2n) is 8.40. The maximum absolute atomic E-state index is 6.22. The number of hydrogen-bond acceptors (Lipinski definition) is 7. The van der Waals surface area contributed by atoms with Gasteiger partial charge in [0.2, 0.25) is 5.88 Å². The molecule has 31 heavy (non-hydrogen) atoms. The summed E-state index contributed by atoms with van der Waals surface area (Å²) in [6, 6.07) is 4.83. The number of aromatic nitrogens is 4. The molecule has 0 aliphatic heterocycles. The van der Waals surface area contributed by atoms with E-state index in [1.807, 2.05) is 16.8 Å². The van der Waals surface area contributed by atoms with Gasteiger partial charge < -0.3 is 18.8 Å². The van der Waals surface area contributed by atoms with Crippen molar-refractivity contribution in [3.8, 4) is 22.8 Å². The molecule has 0 unspecified atom stereocenters. The summed E-state index contributed by atoms with van der Waals surface area (Å²) in [7, 11) is 2.07. The van der Waals surface area contributed by atoms with Crippen molar-refractivity contribution in [3.63, 3.8) is 0 Å². The van der Waals surface area contributed by atoms with Crippen LogP contribution in [0.3, 0.4) is 0 Å². The molecule has 0 radical (unpaired) electrons. The molecule has 0 atom stereocenters. The Morgan fingerprint density at radius 2 is 1.94 bits per heavy atom. The maximum Gasteiger partial charge on any atom is 0.227 e. The van der Waals surface area contributed by atoms with Crippen molar-refractivity contribution < 1.29 is 14.2 Å². The standard InChI is InChI=1S/C21H25ClN4O3SSi/c1-27-17-16(21(28-2)25-19-18(17)30-11-23-19)14-10-26(12-29-8-9-31(3,4)5)20-13(14)6-7-15(22)24-20/h6-7,10-11H,8-9,12H2,1-5H3. The van der Waals surface area contributed by atoms with Crippen LogP contribution >= 0.6 is 22.9 Å². The molecule has 7 nitrogen and oxygen atoms in total. The first-order chi connectivity index (χ1) is 14.8. The van der Waals surface area contributed by atoms with Crippen molar-refractivity contribution in [2.45, 2.75) is 32.4 Å². The first kappa shape index (κ1) is 22.0. The minimum Gasteiger partial charge on any atom is -0.494 e. The van der Waals surface area contributed by atoms with Gasteiger partial charge in [0.15, 0.2) is 11.4 Å². The number of halogens is 1. The Balaban J connectivity index is 1.83. The van der Waals surface area contributed by atoms with Gasteiger partial charge >= 0.3 is 0 Å². The quantitative estimate of drug-likeness (QED) is 0.185. The Labute approximate surface area is 191 Å². The highest BCUT2D eigenvalue weighted by Crippen LogP contribution is 2.45. The number of thiazole rings is 1. The molecule has 4 aromatic rings. The summed E-state index contributed by atoms with van der Waals surface area (Å²) in [5.74, 6) is 1.13. The van der Waals surface area contributed by atoms with Crippen LogP contribution in [0.5, 0.6) is 11.6 Å². The number of methoxy groups -OCH3 is 2. The van der Waals surface area contributed by atoms with Crippen LogP contribution in [0.2, 0.25) is 30.8 Å². The molecule has 0 fully saturated rings. The van der Waals surface area contributed by atoms with Gasteiger partial charge in [-0.2, -0.15) is 4.98 Å². The van der Waals surface area contributed by atoms with Gasteiger partial charge in [0.05, 0.1) is 25.3 Å². The predicted octanol–water partition coefficient (Wildman–Crippen LogP) is 5.69. The molecule has 0 aliphatic carbocycles. The predicted molar refractivity (Wildman–Crippen MR) is 128 cm³/mol. The second kappa shape index (κ2) is 8.74. The summed E-state index contributed by atoms with van der Waals surface area (Å²) in [5, 5.41) is 1.34. The van der Waals surface area contributed by atoms with Gasteiger partial charge in [-0.05, 0) is 18.2 Å². The van der Waals surface area contributed by atoms with Crippen molar-refractivity contribution in [1.29, 1.82) is 0 Å². The van der Waals surface area contributed by atoms with Crippen LogP contribution in [-0.4, -0.2) is 48.4 Å². The number of fused-ring (bicyclic) bond motifs is 2. The molecular formula is C21H25ClN4O3SSi. The molecule has 0 aromatic carbocycles. The van der Waals surface area contributed by atoms with Crippen LogP contribution in [0.1, 0.15) is 0 Å². The van der Waals surface area contributed by atoms with Gasteiger partial charge in [-0.3, -0.25) is 0 Å². The monoisotopic (exact) mass is 476 g/mol. The highest BCUT2D eigenvalue weighted by molar-refractivity contribution is 7.17. The lowest BCUT2D eigenvalue weighted by Gasteiger charge is -2.15. The third-order valence-electron chi connectivity index (χ3n) is 4.99. The zero-order valence-corrected chi connectivity index (χ0v) is 20.8. The van der Waals surface area contributed by atoms with E-state index in [-0.39, 0.29) is 0 Å². The summed E-state index contributed by atoms with van der Waals surface area (Å²) in [6.45, 7) is 8.10. The maximum atomic E-state index is 6.22. The van der Waals surface area contributed by atoms with E-state index in [2.05, 4.69) is 34.6 Å². The van der Waals surface area contributed by atoms with Gasteiger partial charge in [-0.25, -0.2) is 9.97 Å². The normalized spacial score (nSPS) is 12.1. The molecule has 0 N–H and O–H groups in total. The molecular weight excluding hydrogens is 452 g/mol. The molecule has 0 saturated heterocycles. The number of nitrogens with zero attached hydrogens (tertiary/aromatic N) is 4. The Bertz CT molecular complexity index is 1240. The third-order valence-corrected chi connectivity index (χ3v) is 7.71. The minimum absolute atomic E-state index is 0.384. The van der Waals surface area contributed by atoms with Gasteiger partial charge in [0.1, 0.15) is 22.2 Å². The lowest BCUT2D eigenvalue weighted by molar-refractivity contribution is 0.0899. The van der Waals surface area contributed by atoms with Crippen LogP contribution in [0.25, 0.3) is 32.5 Å². The second-order valence-corrected chi connectivity index (χ2v) is 15.3. The highest BCUT2D eigenvalue weighted by Gasteiger charge is 2.24. The van der Waals surface area contributed by atoms with Crippen molar-refractivity contribution in [2.24, 2.45) is 0 Å². The first-order valence-corrected chi connectivity index (χ1v) is 14.9. The van der Waals surface area contributed by atoms with Gasteiger partial charge in [0, 0.05) is 31.8 Å². The molecule has 164 valence electrons. The fourth-order valence-corrected chi connectivity index (χ4v) is 5.05. The molecule has 4 aromatic heterocycles. The highest BCUT2D eigenvalue weighted by atomic mass is 35.5. The zero-order chi connectivity index (χ0) is 22.2. The van der Waals surface area contributed by atoms with E-state index in [4.69, 9.17) is 25.8 Å². The largest absolute Gasteiger partial charge is 0.494 e. The Morgan fingerprint density at radius 1 is 1.13 bits per heavy atom. The Morgan fingerprint density at radius 3 is 2.65 bits per heavy atom. The summed E-state index contributed by atoms with van der Waals surface area (Å²) in [6.07, 6.45) is 2.00. The summed E-state index contributed by atoms with van der Waals surface area (Å²) < 4.78 is 20.3. The number of pyridine rings is 2. The van der Waals surface area contributed by atoms with Gasteiger partial charge in [0.25, 0.3) is 0 Å². The summed E-state index contributed by atoms with van der Waals surface area (Å²) in [5.41, 5.74) is 4.74. The SMILES string of the molecule is COc1nc2ncsc2c(OC)c1-c1cn(COCC[Si](C)(C)C)c2nc(Cl)ccc12. The van der Waals surface area contributed by atoms with E-state index in [1.165, 1.54) is 11.3 Å². The first-order valence-electron chi connectivity index (χ1n) is 9.91. The van der Waals surface area contributed by atoms with Crippen molar-refractivity contribution in [2.75, 3.05) is 20.8 Å². The molecule has 4 rings (SSSR count). The molecule has 0 amide bonds. The van der Waals surface area contributed by atoms with Crippen molar-refractivity contribution in [1.82, 2.24) is 19.5 Å². The van der Waals surface area contributed by atoms with Crippen LogP contribution < -0.4 is 9.47 Å². The molecule has 0 spiro atoms. The average molecular weight is 477 g/mol. The van der Waals surface area contributed by atoms with E-state index in [9.17, 15) is 0 Å². The van der Waals surface area contributed by atoms with Gasteiger partial charge in [-0.15, -0.1) is 11.3 Å². The lowest BCUT2D eigenvalue weighted by Crippen LogP contribution is -2.22. The smallest absolute Gasteiger partial charge is 0.227 e. The van der Waals surface area contributed by atoms with E-state index >= 15 is 0 Å². The van der Waals surface area contributed by atoms with Crippen molar-refractivity contribution in [3.05, 3.63) is 29.0 Å². The van der Waals surface area contributed by atoms with Crippen LogP contribution in [-0.2, 0) is 11.5 Å². The van der Waals surface area contributed by atoms with E-state index in [0.717, 1.165) is 32.9 Å². The fraction of sp³-hybridized carbons (Fsp3) is 0.381. The molecule has 0 bridgehead atoms. The topological polar surface area (TPSA) is 71.3 Å². The summed E-state index contributed by atoms with van der Waals surface area (Å²) in [4.78, 5) is 13.5. The van der Waals surface area contributed by atoms with Crippen LogP contribution in [0, 0.1) is 0 Å². The van der Waals surface area contributed by atoms with Gasteiger partial charge in [-0.1, -0.05) is 31.2 Å². The van der Waals surface area contributed by atoms with E-state index in [0.29, 0.717) is 35.8 Å². The number of ether oxygens (including phenoxy) is 3. The minimum atomic E-state index is -1.17. The third kappa shape index (κ3) is 4.41. The number of hydrogen-bond donors (Lipinski definition) is 0. The number of rotatable bonds is 8. The summed E-state index contributed by atoms with van der Waals surface area (Å²) >= 11 is 7.70. The molecule has 0 saturated carbocycles. The van der Waals surface area contributed by atoms with Crippen molar-refractivity contribution >= 4 is 52.4 Å². The zero-order valence-electron chi connectivity index (χ0n) is 18.2. The van der Waals surface area contributed by atoms with Crippen LogP contribution in [0.15, 0.2) is 23.8 Å². The molecule has 0 aliphatic rings. The van der Waals surface area contributed by atoms with E-state index in [1.54, 1.807) is 25.8 Å². The molecule has 10 heteroatoms. The average Bonchev–Trinajstić information content (AvgIpc) is 3.33. The molecule has 4 heterocycles. The lowest BCUT2D eigenvalue weighted by atomic mass is 10.1. The van der Waals surface area contributed by atoms with E-state index < -0.39 is 8.07 Å².